The molecule has 0 aromatic carbocycles. The summed E-state index contributed by atoms with van der Waals surface area (Å²) in [5.41, 5.74) is 0. The Balaban J connectivity index is 0. The SMILES string of the molecule is C=C[NH2+]C.F[B-](F)(F)F. The first-order chi connectivity index (χ1) is 3.91. The average molecular weight is 145 g/mol. The van der Waals surface area contributed by atoms with Gasteiger partial charge in [0, 0.05) is 0 Å². The monoisotopic (exact) mass is 145 g/mol. The predicted molar refractivity (Wildman–Crippen MR) is 28.2 cm³/mol. The van der Waals surface area contributed by atoms with Crippen molar-refractivity contribution in [2.45, 2.75) is 0 Å². The van der Waals surface area contributed by atoms with Crippen LogP contribution in [0.4, 0.5) is 17.3 Å². The van der Waals surface area contributed by atoms with Gasteiger partial charge in [-0.1, -0.05) is 0 Å². The Morgan fingerprint density at radius 2 is 1.44 bits per heavy atom. The van der Waals surface area contributed by atoms with Gasteiger partial charge in [0.1, 0.15) is 0 Å². The van der Waals surface area contributed by atoms with Gasteiger partial charge in [0.15, 0.2) is 0 Å². The molecule has 0 saturated heterocycles. The minimum absolute atomic E-state index is 1.75. The van der Waals surface area contributed by atoms with Crippen molar-refractivity contribution < 1.29 is 22.6 Å². The molecule has 0 aromatic rings. The second-order valence-corrected chi connectivity index (χ2v) is 1.06. The van der Waals surface area contributed by atoms with Gasteiger partial charge in [-0.3, -0.25) is 0 Å². The summed E-state index contributed by atoms with van der Waals surface area (Å²) in [5.74, 6) is 0. The summed E-state index contributed by atoms with van der Waals surface area (Å²) in [4.78, 5) is 0. The van der Waals surface area contributed by atoms with Crippen LogP contribution in [0, 0.1) is 0 Å². The third-order valence-corrected chi connectivity index (χ3v) is 0.236. The molecule has 0 bridgehead atoms. The van der Waals surface area contributed by atoms with Crippen LogP contribution >= 0.6 is 0 Å². The highest BCUT2D eigenvalue weighted by molar-refractivity contribution is 6.50. The maximum atomic E-state index is 9.75. The molecule has 0 aliphatic rings. The first kappa shape index (κ1) is 11.3. The summed E-state index contributed by atoms with van der Waals surface area (Å²) in [5, 5.41) is 1.89. The molecule has 0 aromatic heterocycles. The number of nitrogens with two attached hydrogens (primary N) is 1. The van der Waals surface area contributed by atoms with Gasteiger partial charge in [0.25, 0.3) is 0 Å². The summed E-state index contributed by atoms with van der Waals surface area (Å²) >= 11 is 0. The molecular formula is C3H8BF4N. The zero-order chi connectivity index (χ0) is 7.91. The van der Waals surface area contributed by atoms with E-state index in [1.807, 2.05) is 12.4 Å². The first-order valence-electron chi connectivity index (χ1n) is 2.19. The Morgan fingerprint density at radius 1 is 1.33 bits per heavy atom. The Morgan fingerprint density at radius 3 is 1.44 bits per heavy atom. The van der Waals surface area contributed by atoms with Gasteiger partial charge < -0.3 is 22.6 Å². The fourth-order valence-corrected chi connectivity index (χ4v) is 0. The lowest BCUT2D eigenvalue weighted by Gasteiger charge is -1.94. The number of halogens is 4. The lowest BCUT2D eigenvalue weighted by molar-refractivity contribution is -0.555. The number of quaternary nitrogens is 1. The van der Waals surface area contributed by atoms with Gasteiger partial charge in [0.2, 0.25) is 0 Å². The zero-order valence-corrected chi connectivity index (χ0v) is 4.95. The summed E-state index contributed by atoms with van der Waals surface area (Å²) in [6.07, 6.45) is 1.75. The van der Waals surface area contributed by atoms with Crippen LogP contribution in [0.1, 0.15) is 0 Å². The average Bonchev–Trinajstić information content (AvgIpc) is 1.61. The molecule has 0 aliphatic carbocycles. The molecule has 0 radical (unpaired) electrons. The van der Waals surface area contributed by atoms with E-state index in [0.717, 1.165) is 0 Å². The minimum Gasteiger partial charge on any atom is -0.418 e. The fraction of sp³-hybridized carbons (Fsp3) is 0.333. The van der Waals surface area contributed by atoms with E-state index in [1.54, 1.807) is 6.20 Å². The lowest BCUT2D eigenvalue weighted by atomic mass is 10.3. The Kier molecular flexibility index (Phi) is 7.06. The molecule has 1 nitrogen and oxygen atoms in total. The molecule has 2 N–H and O–H groups in total. The van der Waals surface area contributed by atoms with E-state index < -0.39 is 7.25 Å². The molecule has 0 spiro atoms. The van der Waals surface area contributed by atoms with Crippen LogP contribution in [0.25, 0.3) is 0 Å². The van der Waals surface area contributed by atoms with Crippen LogP contribution < -0.4 is 5.32 Å². The van der Waals surface area contributed by atoms with Crippen molar-refractivity contribution in [3.8, 4) is 0 Å². The molecule has 0 heterocycles. The molecule has 0 fully saturated rings. The second kappa shape index (κ2) is 5.62. The summed E-state index contributed by atoms with van der Waals surface area (Å²) in [6.45, 7) is 3.42. The largest absolute Gasteiger partial charge is 0.673 e. The molecule has 0 rings (SSSR count). The Labute approximate surface area is 50.9 Å². The van der Waals surface area contributed by atoms with E-state index >= 15 is 0 Å². The van der Waals surface area contributed by atoms with Gasteiger partial charge in [0.05, 0.1) is 13.2 Å². The minimum atomic E-state index is -6.00. The van der Waals surface area contributed by atoms with Crippen molar-refractivity contribution in [1.29, 1.82) is 0 Å². The highest BCUT2D eigenvalue weighted by Gasteiger charge is 2.20. The highest BCUT2D eigenvalue weighted by Crippen LogP contribution is 2.06. The maximum Gasteiger partial charge on any atom is 0.673 e. The third kappa shape index (κ3) is 958. The third-order valence-electron chi connectivity index (χ3n) is 0.236. The summed E-state index contributed by atoms with van der Waals surface area (Å²) < 4.78 is 39.0. The van der Waals surface area contributed by atoms with E-state index in [-0.39, 0.29) is 0 Å². The quantitative estimate of drug-likeness (QED) is 0.411. The van der Waals surface area contributed by atoms with Crippen molar-refractivity contribution in [3.63, 3.8) is 0 Å². The van der Waals surface area contributed by atoms with Crippen LogP contribution in [0.3, 0.4) is 0 Å². The fourth-order valence-electron chi connectivity index (χ4n) is 0. The van der Waals surface area contributed by atoms with Crippen molar-refractivity contribution in [2.24, 2.45) is 0 Å². The van der Waals surface area contributed by atoms with Crippen LogP contribution in [0.2, 0.25) is 0 Å². The molecule has 0 aliphatic heterocycles. The molecule has 0 atom stereocenters. The number of rotatable bonds is 1. The van der Waals surface area contributed by atoms with Gasteiger partial charge in [-0.15, -0.1) is 0 Å². The first-order valence-corrected chi connectivity index (χ1v) is 2.19. The van der Waals surface area contributed by atoms with E-state index in [9.17, 15) is 17.3 Å². The Bertz CT molecular complexity index is 64.7. The summed E-state index contributed by atoms with van der Waals surface area (Å²) in [7, 11) is -4.06. The van der Waals surface area contributed by atoms with Crippen LogP contribution in [0.5, 0.6) is 0 Å². The number of hydrogen-bond acceptors (Lipinski definition) is 0. The molecule has 56 valence electrons. The molecule has 0 amide bonds. The van der Waals surface area contributed by atoms with Crippen LogP contribution in [-0.4, -0.2) is 14.3 Å². The van der Waals surface area contributed by atoms with Crippen molar-refractivity contribution in [1.82, 2.24) is 0 Å². The van der Waals surface area contributed by atoms with Gasteiger partial charge in [-0.2, -0.15) is 0 Å². The maximum absolute atomic E-state index is 9.75. The van der Waals surface area contributed by atoms with E-state index in [2.05, 4.69) is 6.58 Å². The van der Waals surface area contributed by atoms with Gasteiger partial charge in [-0.05, 0) is 6.58 Å². The van der Waals surface area contributed by atoms with Gasteiger partial charge >= 0.3 is 7.25 Å². The summed E-state index contributed by atoms with van der Waals surface area (Å²) in [6, 6.07) is 0. The van der Waals surface area contributed by atoms with E-state index in [0.29, 0.717) is 0 Å². The molecule has 9 heavy (non-hydrogen) atoms. The van der Waals surface area contributed by atoms with Crippen molar-refractivity contribution in [2.75, 3.05) is 7.05 Å². The normalized spacial score (nSPS) is 9.44. The van der Waals surface area contributed by atoms with Gasteiger partial charge in [-0.25, -0.2) is 0 Å². The predicted octanol–water partition coefficient (Wildman–Crippen LogP) is 0.623. The molecular weight excluding hydrogens is 137 g/mol. The number of hydrogen-bond donors (Lipinski definition) is 1. The zero-order valence-electron chi connectivity index (χ0n) is 4.95. The molecule has 0 saturated carbocycles. The van der Waals surface area contributed by atoms with Crippen LogP contribution in [0.15, 0.2) is 12.8 Å². The second-order valence-electron chi connectivity index (χ2n) is 1.06. The van der Waals surface area contributed by atoms with E-state index in [4.69, 9.17) is 0 Å². The standard InChI is InChI=1S/C3H7N.BF4/c1-3-4-2;2-1(3,4)5/h3-4H,1H2,2H3;/q;-1/p+1. The smallest absolute Gasteiger partial charge is 0.418 e. The lowest BCUT2D eigenvalue weighted by Crippen LogP contribution is -2.72. The molecule has 0 unspecified atom stereocenters. The van der Waals surface area contributed by atoms with E-state index in [1.165, 1.54) is 0 Å². The van der Waals surface area contributed by atoms with Crippen molar-refractivity contribution >= 4 is 7.25 Å². The Hall–Kier alpha value is -0.515. The topological polar surface area (TPSA) is 16.6 Å². The van der Waals surface area contributed by atoms with Crippen molar-refractivity contribution in [3.05, 3.63) is 12.8 Å². The highest BCUT2D eigenvalue weighted by atomic mass is 19.5. The molecule has 6 heteroatoms. The van der Waals surface area contributed by atoms with Crippen LogP contribution in [-0.2, 0) is 0 Å².